The van der Waals surface area contributed by atoms with Gasteiger partial charge in [0.25, 0.3) is 0 Å². The number of amides is 1. The first kappa shape index (κ1) is 24.2. The van der Waals surface area contributed by atoms with Gasteiger partial charge in [-0.2, -0.15) is 0 Å². The van der Waals surface area contributed by atoms with Crippen LogP contribution in [0.3, 0.4) is 0 Å². The van der Waals surface area contributed by atoms with Crippen LogP contribution in [0.15, 0.2) is 24.4 Å². The molecule has 33 heavy (non-hydrogen) atoms. The summed E-state index contributed by atoms with van der Waals surface area (Å²) in [6.45, 7) is 5.34. The molecule has 5 nitrogen and oxygen atoms in total. The first-order chi connectivity index (χ1) is 16.1. The van der Waals surface area contributed by atoms with Gasteiger partial charge in [-0.1, -0.05) is 26.2 Å². The Morgan fingerprint density at radius 2 is 1.94 bits per heavy atom. The van der Waals surface area contributed by atoms with Crippen molar-refractivity contribution >= 4 is 16.8 Å². The molecule has 2 aliphatic rings. The number of rotatable bonds is 10. The van der Waals surface area contributed by atoms with Crippen molar-refractivity contribution in [2.75, 3.05) is 33.5 Å². The third kappa shape index (κ3) is 5.78. The lowest BCUT2D eigenvalue weighted by Gasteiger charge is -2.33. The molecule has 0 radical (unpaired) electrons. The van der Waals surface area contributed by atoms with Crippen LogP contribution in [-0.2, 0) is 27.2 Å². The van der Waals surface area contributed by atoms with E-state index < -0.39 is 0 Å². The summed E-state index contributed by atoms with van der Waals surface area (Å²) in [5.41, 5.74) is 2.09. The molecule has 4 rings (SSSR count). The number of hydrogen-bond acceptors (Lipinski definition) is 3. The minimum absolute atomic E-state index is 0.116. The molecule has 182 valence electrons. The molecule has 1 aliphatic carbocycles. The Labute approximate surface area is 197 Å². The van der Waals surface area contributed by atoms with Gasteiger partial charge in [-0.15, -0.1) is 0 Å². The van der Waals surface area contributed by atoms with E-state index in [4.69, 9.17) is 9.47 Å². The summed E-state index contributed by atoms with van der Waals surface area (Å²) in [4.78, 5) is 15.6. The van der Waals surface area contributed by atoms with Crippen LogP contribution in [0.1, 0.15) is 57.4 Å². The summed E-state index contributed by atoms with van der Waals surface area (Å²) in [5, 5.41) is 1.08. The molecule has 0 N–H and O–H groups in total. The minimum atomic E-state index is -0.229. The second-order valence-corrected chi connectivity index (χ2v) is 9.83. The molecule has 1 saturated carbocycles. The molecule has 2 aromatic rings. The fraction of sp³-hybridized carbons (Fsp3) is 0.667. The van der Waals surface area contributed by atoms with Crippen LogP contribution in [0.5, 0.6) is 0 Å². The topological polar surface area (TPSA) is 43.7 Å². The van der Waals surface area contributed by atoms with Crippen LogP contribution in [0, 0.1) is 17.7 Å². The Kier molecular flexibility index (Phi) is 8.42. The SMILES string of the molecule is COCCOCCn1cc(C[C@@H]2CCCN2C(=O)[C@@H](C)C2CCCCC2)c2ccc(F)cc21. The van der Waals surface area contributed by atoms with E-state index in [0.717, 1.165) is 36.7 Å². The van der Waals surface area contributed by atoms with Gasteiger partial charge >= 0.3 is 0 Å². The zero-order chi connectivity index (χ0) is 23.2. The van der Waals surface area contributed by atoms with Crippen molar-refractivity contribution in [1.29, 1.82) is 0 Å². The monoisotopic (exact) mass is 458 g/mol. The number of methoxy groups -OCH3 is 1. The van der Waals surface area contributed by atoms with Crippen LogP contribution in [0.4, 0.5) is 4.39 Å². The maximum atomic E-state index is 14.0. The Morgan fingerprint density at radius 1 is 1.12 bits per heavy atom. The number of carbonyl (C=O) groups is 1. The molecule has 2 fully saturated rings. The Bertz CT molecular complexity index is 921. The highest BCUT2D eigenvalue weighted by Gasteiger charge is 2.35. The number of aromatic nitrogens is 1. The van der Waals surface area contributed by atoms with Crippen molar-refractivity contribution in [2.45, 2.75) is 70.9 Å². The van der Waals surface area contributed by atoms with Gasteiger partial charge < -0.3 is 18.9 Å². The first-order valence-corrected chi connectivity index (χ1v) is 12.7. The van der Waals surface area contributed by atoms with E-state index in [1.165, 1.54) is 43.7 Å². The lowest BCUT2D eigenvalue weighted by Crippen LogP contribution is -2.42. The Hall–Kier alpha value is -1.92. The number of carbonyl (C=O) groups excluding carboxylic acids is 1. The minimum Gasteiger partial charge on any atom is -0.382 e. The largest absolute Gasteiger partial charge is 0.382 e. The van der Waals surface area contributed by atoms with Crippen LogP contribution < -0.4 is 0 Å². The van der Waals surface area contributed by atoms with Gasteiger partial charge in [-0.05, 0) is 61.8 Å². The van der Waals surface area contributed by atoms with Crippen molar-refractivity contribution < 1.29 is 18.7 Å². The molecule has 6 heteroatoms. The predicted octanol–water partition coefficient (Wildman–Crippen LogP) is 5.19. The molecule has 1 aromatic heterocycles. The van der Waals surface area contributed by atoms with Crippen LogP contribution in [0.25, 0.3) is 10.9 Å². The zero-order valence-corrected chi connectivity index (χ0v) is 20.2. The molecule has 0 spiro atoms. The van der Waals surface area contributed by atoms with Crippen molar-refractivity contribution in [2.24, 2.45) is 11.8 Å². The van der Waals surface area contributed by atoms with Gasteiger partial charge in [0.15, 0.2) is 0 Å². The van der Waals surface area contributed by atoms with E-state index in [0.29, 0.717) is 38.2 Å². The number of likely N-dealkylation sites (tertiary alicyclic amines) is 1. The first-order valence-electron chi connectivity index (χ1n) is 12.7. The maximum absolute atomic E-state index is 14.0. The molecule has 1 aliphatic heterocycles. The van der Waals surface area contributed by atoms with E-state index in [-0.39, 0.29) is 17.8 Å². The lowest BCUT2D eigenvalue weighted by atomic mass is 9.80. The summed E-state index contributed by atoms with van der Waals surface area (Å²) in [7, 11) is 1.66. The maximum Gasteiger partial charge on any atom is 0.225 e. The van der Waals surface area contributed by atoms with Crippen molar-refractivity contribution in [1.82, 2.24) is 9.47 Å². The number of ether oxygens (including phenoxy) is 2. The van der Waals surface area contributed by atoms with E-state index in [9.17, 15) is 9.18 Å². The van der Waals surface area contributed by atoms with E-state index in [1.54, 1.807) is 13.2 Å². The van der Waals surface area contributed by atoms with Gasteiger partial charge in [0.05, 0.1) is 25.3 Å². The van der Waals surface area contributed by atoms with Gasteiger partial charge in [-0.3, -0.25) is 4.79 Å². The molecule has 0 bridgehead atoms. The number of hydrogen-bond donors (Lipinski definition) is 0. The molecule has 1 aromatic carbocycles. The van der Waals surface area contributed by atoms with Crippen LogP contribution in [0.2, 0.25) is 0 Å². The number of benzene rings is 1. The van der Waals surface area contributed by atoms with Crippen molar-refractivity contribution in [3.05, 3.63) is 35.8 Å². The summed E-state index contributed by atoms with van der Waals surface area (Å²) in [5.74, 6) is 0.763. The molecule has 2 atom stereocenters. The quantitative estimate of drug-likeness (QED) is 0.460. The summed E-state index contributed by atoms with van der Waals surface area (Å²) < 4.78 is 26.8. The van der Waals surface area contributed by atoms with Crippen molar-refractivity contribution in [3.8, 4) is 0 Å². The molecule has 2 heterocycles. The van der Waals surface area contributed by atoms with Gasteiger partial charge in [0, 0.05) is 43.7 Å². The average molecular weight is 459 g/mol. The fourth-order valence-electron chi connectivity index (χ4n) is 5.79. The van der Waals surface area contributed by atoms with Gasteiger partial charge in [0.1, 0.15) is 5.82 Å². The highest BCUT2D eigenvalue weighted by atomic mass is 19.1. The summed E-state index contributed by atoms with van der Waals surface area (Å²) >= 11 is 0. The summed E-state index contributed by atoms with van der Waals surface area (Å²) in [6.07, 6.45) is 11.3. The van der Waals surface area contributed by atoms with E-state index >= 15 is 0 Å². The number of halogens is 1. The van der Waals surface area contributed by atoms with Gasteiger partial charge in [-0.25, -0.2) is 4.39 Å². The van der Waals surface area contributed by atoms with Gasteiger partial charge in [0.2, 0.25) is 5.91 Å². The van der Waals surface area contributed by atoms with E-state index in [2.05, 4.69) is 22.6 Å². The third-order valence-electron chi connectivity index (χ3n) is 7.70. The fourth-order valence-corrected chi connectivity index (χ4v) is 5.79. The predicted molar refractivity (Wildman–Crippen MR) is 129 cm³/mol. The Morgan fingerprint density at radius 3 is 2.73 bits per heavy atom. The molecule has 0 unspecified atom stereocenters. The van der Waals surface area contributed by atoms with Crippen LogP contribution in [-0.4, -0.2) is 54.9 Å². The second kappa shape index (κ2) is 11.5. The highest BCUT2D eigenvalue weighted by molar-refractivity contribution is 5.84. The van der Waals surface area contributed by atoms with Crippen molar-refractivity contribution in [3.63, 3.8) is 0 Å². The lowest BCUT2D eigenvalue weighted by molar-refractivity contribution is -0.138. The highest BCUT2D eigenvalue weighted by Crippen LogP contribution is 2.34. The molecular weight excluding hydrogens is 419 g/mol. The molecule has 1 amide bonds. The summed E-state index contributed by atoms with van der Waals surface area (Å²) in [6, 6.07) is 5.25. The smallest absolute Gasteiger partial charge is 0.225 e. The number of fused-ring (bicyclic) bond motifs is 1. The Balaban J connectivity index is 1.47. The van der Waals surface area contributed by atoms with Crippen LogP contribution >= 0.6 is 0 Å². The standard InChI is InChI=1S/C27H39FN2O3/c1-20(21-7-4-3-5-8-21)27(31)30-12-6-9-24(30)17-22-19-29(13-14-33-16-15-32-2)26-18-23(28)10-11-25(22)26/h10-11,18-21,24H,3-9,12-17H2,1-2H3/t20-,24-/m0/s1. The van der Waals surface area contributed by atoms with E-state index in [1.807, 2.05) is 6.07 Å². The normalized spacial score (nSPS) is 20.6. The molecule has 1 saturated heterocycles. The molecular formula is C27H39FN2O3. The second-order valence-electron chi connectivity index (χ2n) is 9.83. The third-order valence-corrected chi connectivity index (χ3v) is 7.70. The zero-order valence-electron chi connectivity index (χ0n) is 20.2. The number of nitrogens with zero attached hydrogens (tertiary/aromatic N) is 2. The average Bonchev–Trinajstić information content (AvgIpc) is 3.43.